The minimum absolute atomic E-state index is 0.00889. The summed E-state index contributed by atoms with van der Waals surface area (Å²) in [4.78, 5) is 24.2. The van der Waals surface area contributed by atoms with Gasteiger partial charge in [-0.2, -0.15) is 11.8 Å². The van der Waals surface area contributed by atoms with Gasteiger partial charge in [0.2, 0.25) is 11.8 Å². The van der Waals surface area contributed by atoms with Gasteiger partial charge in [0, 0.05) is 38.2 Å². The lowest BCUT2D eigenvalue weighted by atomic mass is 10.4. The maximum Gasteiger partial charge on any atom is 0.223 e. The van der Waals surface area contributed by atoms with Gasteiger partial charge < -0.3 is 10.2 Å². The zero-order chi connectivity index (χ0) is 10.6. The molecule has 0 spiro atoms. The number of hydrogen-bond donors (Lipinski definition) is 1. The van der Waals surface area contributed by atoms with Crippen molar-refractivity contribution in [2.45, 2.75) is 18.1 Å². The fourth-order valence-corrected chi connectivity index (χ4v) is 2.11. The smallest absolute Gasteiger partial charge is 0.223 e. The maximum absolute atomic E-state index is 11.4. The Bertz CT molecular complexity index is 233. The summed E-state index contributed by atoms with van der Waals surface area (Å²) in [6, 6.07) is 0. The van der Waals surface area contributed by atoms with E-state index in [1.807, 2.05) is 6.26 Å². The molecule has 1 N–H and O–H groups in total. The van der Waals surface area contributed by atoms with Gasteiger partial charge in [-0.25, -0.2) is 0 Å². The highest BCUT2D eigenvalue weighted by Crippen LogP contribution is 2.21. The number of nitrogens with one attached hydrogen (secondary N) is 1. The molecule has 1 fully saturated rings. The van der Waals surface area contributed by atoms with E-state index in [-0.39, 0.29) is 11.8 Å². The second kappa shape index (κ2) is 5.24. The summed E-state index contributed by atoms with van der Waals surface area (Å²) < 4.78 is 0. The lowest BCUT2D eigenvalue weighted by Crippen LogP contribution is -2.30. The Kier molecular flexibility index (Phi) is 4.25. The Balaban J connectivity index is 2.32. The van der Waals surface area contributed by atoms with Gasteiger partial charge in [0.1, 0.15) is 0 Å². The molecule has 0 aromatic carbocycles. The number of hydrogen-bond acceptors (Lipinski definition) is 3. The van der Waals surface area contributed by atoms with Crippen LogP contribution in [0.2, 0.25) is 0 Å². The van der Waals surface area contributed by atoms with E-state index in [2.05, 4.69) is 5.32 Å². The van der Waals surface area contributed by atoms with Gasteiger partial charge in [0.15, 0.2) is 0 Å². The average molecular weight is 216 g/mol. The van der Waals surface area contributed by atoms with Crippen molar-refractivity contribution in [1.29, 1.82) is 0 Å². The van der Waals surface area contributed by atoms with Crippen LogP contribution in [0, 0.1) is 0 Å². The van der Waals surface area contributed by atoms with E-state index in [0.29, 0.717) is 24.6 Å². The zero-order valence-corrected chi connectivity index (χ0v) is 9.39. The quantitative estimate of drug-likeness (QED) is 0.724. The van der Waals surface area contributed by atoms with Crippen LogP contribution in [0.25, 0.3) is 0 Å². The first-order chi connectivity index (χ1) is 6.67. The molecule has 4 nitrogen and oxygen atoms in total. The van der Waals surface area contributed by atoms with Crippen molar-refractivity contribution in [3.63, 3.8) is 0 Å². The van der Waals surface area contributed by atoms with Gasteiger partial charge in [-0.05, 0) is 6.26 Å². The van der Waals surface area contributed by atoms with Crippen LogP contribution in [0.15, 0.2) is 0 Å². The topological polar surface area (TPSA) is 49.4 Å². The molecule has 1 aliphatic heterocycles. The van der Waals surface area contributed by atoms with Crippen molar-refractivity contribution < 1.29 is 9.59 Å². The molecule has 0 aliphatic carbocycles. The van der Waals surface area contributed by atoms with Gasteiger partial charge in [-0.1, -0.05) is 0 Å². The minimum atomic E-state index is -0.00889. The van der Waals surface area contributed by atoms with Crippen LogP contribution < -0.4 is 5.32 Å². The maximum atomic E-state index is 11.4. The molecular formula is C9H16N2O2S. The molecule has 2 amide bonds. The first kappa shape index (κ1) is 11.4. The summed E-state index contributed by atoms with van der Waals surface area (Å²) in [5, 5.41) is 2.96. The number of carbonyl (C=O) groups is 2. The molecule has 1 saturated heterocycles. The van der Waals surface area contributed by atoms with Crippen molar-refractivity contribution in [1.82, 2.24) is 10.2 Å². The molecule has 80 valence electrons. The van der Waals surface area contributed by atoms with E-state index >= 15 is 0 Å². The van der Waals surface area contributed by atoms with Crippen LogP contribution in [0.3, 0.4) is 0 Å². The Morgan fingerprint density at radius 2 is 2.43 bits per heavy atom. The van der Waals surface area contributed by atoms with Crippen LogP contribution in [0.4, 0.5) is 0 Å². The first-order valence-corrected chi connectivity index (χ1v) is 5.97. The van der Waals surface area contributed by atoms with Crippen molar-refractivity contribution in [3.05, 3.63) is 0 Å². The number of amides is 2. The number of likely N-dealkylation sites (tertiary alicyclic amines) is 1. The number of rotatable bonds is 4. The molecule has 1 heterocycles. The Labute approximate surface area is 88.4 Å². The van der Waals surface area contributed by atoms with Gasteiger partial charge in [-0.15, -0.1) is 0 Å². The fourth-order valence-electron chi connectivity index (χ4n) is 1.47. The summed E-state index contributed by atoms with van der Waals surface area (Å²) >= 11 is 1.72. The third-order valence-electron chi connectivity index (χ3n) is 2.40. The van der Waals surface area contributed by atoms with E-state index in [4.69, 9.17) is 0 Å². The van der Waals surface area contributed by atoms with Gasteiger partial charge >= 0.3 is 0 Å². The third-order valence-corrected chi connectivity index (χ3v) is 3.38. The molecule has 14 heavy (non-hydrogen) atoms. The summed E-state index contributed by atoms with van der Waals surface area (Å²) in [6.07, 6.45) is 3.04. The van der Waals surface area contributed by atoms with Gasteiger partial charge in [0.05, 0.1) is 0 Å². The second-order valence-electron chi connectivity index (χ2n) is 3.32. The number of thioether (sulfide) groups is 1. The Hall–Kier alpha value is -0.710. The van der Waals surface area contributed by atoms with Gasteiger partial charge in [0.25, 0.3) is 0 Å². The summed E-state index contributed by atoms with van der Waals surface area (Å²) in [6.45, 7) is 1.34. The van der Waals surface area contributed by atoms with E-state index in [1.165, 1.54) is 0 Å². The van der Waals surface area contributed by atoms with Crippen molar-refractivity contribution >= 4 is 23.6 Å². The Morgan fingerprint density at radius 3 is 2.93 bits per heavy atom. The highest BCUT2D eigenvalue weighted by atomic mass is 32.2. The number of carbonyl (C=O) groups excluding carboxylic acids is 2. The van der Waals surface area contributed by atoms with Crippen molar-refractivity contribution in [2.75, 3.05) is 26.4 Å². The molecule has 0 aromatic rings. The third kappa shape index (κ3) is 2.90. The summed E-state index contributed by atoms with van der Waals surface area (Å²) in [5.74, 6) is 0.165. The lowest BCUT2D eigenvalue weighted by Gasteiger charge is -2.15. The standard InChI is InChI=1S/C9H16N2O2S/c1-10-8(12)3-4-11-6-7(14-2)5-9(11)13/h7H,3-6H2,1-2H3,(H,10,12). The molecule has 1 unspecified atom stereocenters. The normalized spacial score (nSPS) is 21.4. The van der Waals surface area contributed by atoms with Crippen LogP contribution in [0.5, 0.6) is 0 Å². The molecule has 0 radical (unpaired) electrons. The zero-order valence-electron chi connectivity index (χ0n) is 8.58. The predicted octanol–water partition coefficient (Wildman–Crippen LogP) is 0.0864. The van der Waals surface area contributed by atoms with E-state index in [1.54, 1.807) is 23.7 Å². The van der Waals surface area contributed by atoms with Crippen molar-refractivity contribution in [2.24, 2.45) is 0 Å². The van der Waals surface area contributed by atoms with Crippen molar-refractivity contribution in [3.8, 4) is 0 Å². The number of nitrogens with zero attached hydrogens (tertiary/aromatic N) is 1. The largest absolute Gasteiger partial charge is 0.359 e. The molecule has 1 rings (SSSR count). The summed E-state index contributed by atoms with van der Waals surface area (Å²) in [7, 11) is 1.61. The molecule has 1 aliphatic rings. The van der Waals surface area contributed by atoms with E-state index in [9.17, 15) is 9.59 Å². The van der Waals surface area contributed by atoms with Crippen LogP contribution in [0.1, 0.15) is 12.8 Å². The highest BCUT2D eigenvalue weighted by molar-refractivity contribution is 7.99. The van der Waals surface area contributed by atoms with Gasteiger partial charge in [-0.3, -0.25) is 9.59 Å². The monoisotopic (exact) mass is 216 g/mol. The van der Waals surface area contributed by atoms with Crippen LogP contribution >= 0.6 is 11.8 Å². The molecular weight excluding hydrogens is 200 g/mol. The first-order valence-electron chi connectivity index (χ1n) is 4.68. The Morgan fingerprint density at radius 1 is 1.71 bits per heavy atom. The second-order valence-corrected chi connectivity index (χ2v) is 4.46. The van der Waals surface area contributed by atoms with Crippen LogP contribution in [-0.2, 0) is 9.59 Å². The molecule has 5 heteroatoms. The predicted molar refractivity (Wildman–Crippen MR) is 57.2 cm³/mol. The molecule has 0 saturated carbocycles. The SMILES string of the molecule is CNC(=O)CCN1CC(SC)CC1=O. The lowest BCUT2D eigenvalue weighted by molar-refractivity contribution is -0.128. The average Bonchev–Trinajstić information content (AvgIpc) is 2.55. The van der Waals surface area contributed by atoms with E-state index < -0.39 is 0 Å². The van der Waals surface area contributed by atoms with E-state index in [0.717, 1.165) is 6.54 Å². The minimum Gasteiger partial charge on any atom is -0.359 e. The molecule has 0 aromatic heterocycles. The molecule has 1 atom stereocenters. The summed E-state index contributed by atoms with van der Waals surface area (Å²) in [5.41, 5.74) is 0. The highest BCUT2D eigenvalue weighted by Gasteiger charge is 2.28. The fraction of sp³-hybridized carbons (Fsp3) is 0.778. The molecule has 0 bridgehead atoms. The van der Waals surface area contributed by atoms with Crippen LogP contribution in [-0.4, -0.2) is 48.4 Å².